The van der Waals surface area contributed by atoms with E-state index in [2.05, 4.69) is 0 Å². The number of nitrogens with two attached hydrogens (primary N) is 1. The number of nitrogen functional groups attached to an aromatic ring is 1. The number of carboxylic acid groups (broad SMARTS) is 1. The monoisotopic (exact) mass is 195 g/mol. The lowest BCUT2D eigenvalue weighted by Gasteiger charge is -1.90. The van der Waals surface area contributed by atoms with Gasteiger partial charge in [-0.15, -0.1) is 0 Å². The number of carbonyl (C=O) groups is 1. The fourth-order valence-corrected chi connectivity index (χ4v) is 0.855. The van der Waals surface area contributed by atoms with Crippen LogP contribution in [0, 0.1) is 5.92 Å². The van der Waals surface area contributed by atoms with Crippen molar-refractivity contribution in [3.8, 4) is 5.75 Å². The lowest BCUT2D eigenvalue weighted by atomic mass is 10.3. The van der Waals surface area contributed by atoms with E-state index in [1.165, 1.54) is 6.07 Å². The van der Waals surface area contributed by atoms with Gasteiger partial charge in [0.1, 0.15) is 5.75 Å². The normalized spacial score (nSPS) is 14.0. The largest absolute Gasteiger partial charge is 0.508 e. The molecule has 1 saturated carbocycles. The molecular formula is C10H13NO3. The molecule has 0 saturated heterocycles. The minimum atomic E-state index is -0.630. The van der Waals surface area contributed by atoms with Gasteiger partial charge in [-0.3, -0.25) is 4.79 Å². The lowest BCUT2D eigenvalue weighted by molar-refractivity contribution is -0.138. The molecule has 76 valence electrons. The smallest absolute Gasteiger partial charge is 0.306 e. The van der Waals surface area contributed by atoms with E-state index in [1.807, 2.05) is 0 Å². The Kier molecular flexibility index (Phi) is 3.34. The average Bonchev–Trinajstić information content (AvgIpc) is 2.85. The van der Waals surface area contributed by atoms with Crippen LogP contribution in [0.3, 0.4) is 0 Å². The Morgan fingerprint density at radius 1 is 1.43 bits per heavy atom. The fraction of sp³-hybridized carbons (Fsp3) is 0.300. The van der Waals surface area contributed by atoms with Crippen molar-refractivity contribution in [1.82, 2.24) is 0 Å². The molecule has 0 unspecified atom stereocenters. The maximum absolute atomic E-state index is 9.76. The molecule has 0 radical (unpaired) electrons. The predicted octanol–water partition coefficient (Wildman–Crippen LogP) is 1.46. The molecule has 0 heterocycles. The standard InChI is InChI=1S/C6H7NO.C4H6O2/c7-5-2-1-3-6(8)4-5;5-4(6)3-1-2-3/h1-4,8H,7H2;3H,1-2H2,(H,5,6). The molecule has 0 aliphatic heterocycles. The summed E-state index contributed by atoms with van der Waals surface area (Å²) in [6.45, 7) is 0. The number of hydrogen-bond donors (Lipinski definition) is 3. The van der Waals surface area contributed by atoms with Gasteiger partial charge in [-0.1, -0.05) is 6.07 Å². The highest BCUT2D eigenvalue weighted by Crippen LogP contribution is 2.28. The Morgan fingerprint density at radius 2 is 2.07 bits per heavy atom. The Labute approximate surface area is 82.0 Å². The summed E-state index contributed by atoms with van der Waals surface area (Å²) in [5, 5.41) is 16.8. The summed E-state index contributed by atoms with van der Waals surface area (Å²) in [4.78, 5) is 9.76. The van der Waals surface area contributed by atoms with Crippen LogP contribution in [0.5, 0.6) is 5.75 Å². The van der Waals surface area contributed by atoms with Crippen LogP contribution in [0.1, 0.15) is 12.8 Å². The van der Waals surface area contributed by atoms with Crippen LogP contribution in [0.15, 0.2) is 24.3 Å². The van der Waals surface area contributed by atoms with Gasteiger partial charge in [-0.05, 0) is 25.0 Å². The van der Waals surface area contributed by atoms with Crippen molar-refractivity contribution in [2.45, 2.75) is 12.8 Å². The summed E-state index contributed by atoms with van der Waals surface area (Å²) in [5.41, 5.74) is 5.89. The number of aromatic hydroxyl groups is 1. The van der Waals surface area contributed by atoms with Crippen molar-refractivity contribution in [3.63, 3.8) is 0 Å². The zero-order chi connectivity index (χ0) is 10.6. The molecule has 0 aromatic heterocycles. The number of hydrogen-bond acceptors (Lipinski definition) is 3. The molecule has 4 nitrogen and oxygen atoms in total. The zero-order valence-electron chi connectivity index (χ0n) is 7.68. The summed E-state index contributed by atoms with van der Waals surface area (Å²) in [5.74, 6) is -0.398. The minimum Gasteiger partial charge on any atom is -0.508 e. The van der Waals surface area contributed by atoms with Gasteiger partial charge in [0.2, 0.25) is 0 Å². The van der Waals surface area contributed by atoms with Gasteiger partial charge in [0.25, 0.3) is 0 Å². The van der Waals surface area contributed by atoms with Crippen molar-refractivity contribution in [2.24, 2.45) is 5.92 Å². The van der Waals surface area contributed by atoms with Gasteiger partial charge in [0.15, 0.2) is 0 Å². The molecular weight excluding hydrogens is 182 g/mol. The van der Waals surface area contributed by atoms with Crippen LogP contribution in [-0.4, -0.2) is 16.2 Å². The van der Waals surface area contributed by atoms with Crippen LogP contribution in [-0.2, 0) is 4.79 Å². The van der Waals surface area contributed by atoms with Crippen LogP contribution in [0.4, 0.5) is 5.69 Å². The van der Waals surface area contributed by atoms with Crippen molar-refractivity contribution in [1.29, 1.82) is 0 Å². The number of phenolic OH excluding ortho intramolecular Hbond substituents is 1. The number of phenols is 1. The molecule has 4 heteroatoms. The van der Waals surface area contributed by atoms with Crippen molar-refractivity contribution in [2.75, 3.05) is 5.73 Å². The van der Waals surface area contributed by atoms with E-state index in [0.717, 1.165) is 12.8 Å². The topological polar surface area (TPSA) is 83.5 Å². The van der Waals surface area contributed by atoms with Crippen LogP contribution in [0.2, 0.25) is 0 Å². The molecule has 1 aliphatic carbocycles. The maximum atomic E-state index is 9.76. The summed E-state index contributed by atoms with van der Waals surface area (Å²) >= 11 is 0. The molecule has 14 heavy (non-hydrogen) atoms. The summed E-state index contributed by atoms with van der Waals surface area (Å²) in [6.07, 6.45) is 1.80. The first-order chi connectivity index (χ1) is 6.59. The first-order valence-corrected chi connectivity index (χ1v) is 4.37. The molecule has 1 aromatic rings. The van der Waals surface area contributed by atoms with Crippen LogP contribution >= 0.6 is 0 Å². The first-order valence-electron chi connectivity index (χ1n) is 4.37. The van der Waals surface area contributed by atoms with Gasteiger partial charge >= 0.3 is 5.97 Å². The molecule has 0 amide bonds. The Bertz CT molecular complexity index is 304. The van der Waals surface area contributed by atoms with Crippen molar-refractivity contribution in [3.05, 3.63) is 24.3 Å². The summed E-state index contributed by atoms with van der Waals surface area (Å²) < 4.78 is 0. The van der Waals surface area contributed by atoms with E-state index in [-0.39, 0.29) is 11.7 Å². The second-order valence-electron chi connectivity index (χ2n) is 3.21. The Balaban J connectivity index is 0.000000146. The summed E-state index contributed by atoms with van der Waals surface area (Å²) in [6, 6.07) is 6.50. The van der Waals surface area contributed by atoms with Crippen LogP contribution < -0.4 is 5.73 Å². The van der Waals surface area contributed by atoms with Gasteiger partial charge in [-0.25, -0.2) is 0 Å². The van der Waals surface area contributed by atoms with Crippen molar-refractivity contribution >= 4 is 11.7 Å². The fourth-order valence-electron chi connectivity index (χ4n) is 0.855. The molecule has 0 bridgehead atoms. The minimum absolute atomic E-state index is 0.0185. The highest BCUT2D eigenvalue weighted by Gasteiger charge is 2.28. The molecule has 2 rings (SSSR count). The van der Waals surface area contributed by atoms with E-state index >= 15 is 0 Å². The highest BCUT2D eigenvalue weighted by molar-refractivity contribution is 5.72. The number of aliphatic carboxylic acids is 1. The molecule has 0 spiro atoms. The third kappa shape index (κ3) is 3.80. The number of anilines is 1. The van der Waals surface area contributed by atoms with Gasteiger partial charge in [0.05, 0.1) is 5.92 Å². The quantitative estimate of drug-likeness (QED) is 0.592. The van der Waals surface area contributed by atoms with Crippen molar-refractivity contribution < 1.29 is 15.0 Å². The first kappa shape index (κ1) is 10.4. The second kappa shape index (κ2) is 4.50. The van der Waals surface area contributed by atoms with Gasteiger partial charge < -0.3 is 15.9 Å². The Hall–Kier alpha value is -1.71. The molecule has 1 aromatic carbocycles. The van der Waals surface area contributed by atoms with Crippen LogP contribution in [0.25, 0.3) is 0 Å². The molecule has 4 N–H and O–H groups in total. The van der Waals surface area contributed by atoms with Gasteiger partial charge in [-0.2, -0.15) is 0 Å². The summed E-state index contributed by atoms with van der Waals surface area (Å²) in [7, 11) is 0. The second-order valence-corrected chi connectivity index (χ2v) is 3.21. The number of carboxylic acids is 1. The number of benzene rings is 1. The molecule has 1 fully saturated rings. The van der Waals surface area contributed by atoms with E-state index < -0.39 is 5.97 Å². The zero-order valence-corrected chi connectivity index (χ0v) is 7.68. The molecule has 0 atom stereocenters. The van der Waals surface area contributed by atoms with E-state index in [1.54, 1.807) is 18.2 Å². The van der Waals surface area contributed by atoms with E-state index in [0.29, 0.717) is 5.69 Å². The third-order valence-corrected chi connectivity index (χ3v) is 1.80. The third-order valence-electron chi connectivity index (χ3n) is 1.80. The van der Waals surface area contributed by atoms with Gasteiger partial charge in [0, 0.05) is 11.8 Å². The van der Waals surface area contributed by atoms with E-state index in [4.69, 9.17) is 15.9 Å². The number of rotatable bonds is 1. The average molecular weight is 195 g/mol. The lowest BCUT2D eigenvalue weighted by Crippen LogP contribution is -1.94. The van der Waals surface area contributed by atoms with E-state index in [9.17, 15) is 4.79 Å². The predicted molar refractivity (Wildman–Crippen MR) is 52.9 cm³/mol. The SMILES string of the molecule is Nc1cccc(O)c1.O=C(O)C1CC1. The Morgan fingerprint density at radius 3 is 2.29 bits per heavy atom. The maximum Gasteiger partial charge on any atom is 0.306 e. The highest BCUT2D eigenvalue weighted by atomic mass is 16.4. The molecule has 1 aliphatic rings.